The number of benzene rings is 1. The molecule has 2 heterocycles. The molecule has 0 bridgehead atoms. The number of hydrogen-bond acceptors (Lipinski definition) is 5. The third-order valence-corrected chi connectivity index (χ3v) is 4.77. The standard InChI is InChI=1S/C10H19NO2.C7H8O3S/c1-2-3-11-8(4-9-6-12-9)5-10-7-13-10;1-6-2-4-7(5-3-6)11(8,9)10/h8-11H,2-7H2,1H3;2-5H,1H3,(H,8,9,10). The summed E-state index contributed by atoms with van der Waals surface area (Å²) < 4.78 is 40.0. The fourth-order valence-electron chi connectivity index (χ4n) is 2.36. The molecule has 6 nitrogen and oxygen atoms in total. The molecular formula is C17H27NO5S. The van der Waals surface area contributed by atoms with Crippen LogP contribution >= 0.6 is 0 Å². The Morgan fingerprint density at radius 1 is 1.17 bits per heavy atom. The van der Waals surface area contributed by atoms with Gasteiger partial charge < -0.3 is 14.8 Å². The summed E-state index contributed by atoms with van der Waals surface area (Å²) in [6.07, 6.45) is 4.61. The highest BCUT2D eigenvalue weighted by atomic mass is 32.2. The molecule has 1 aromatic carbocycles. The van der Waals surface area contributed by atoms with E-state index in [9.17, 15) is 8.42 Å². The average molecular weight is 357 g/mol. The first-order valence-electron chi connectivity index (χ1n) is 8.39. The van der Waals surface area contributed by atoms with Crippen molar-refractivity contribution in [1.82, 2.24) is 5.32 Å². The smallest absolute Gasteiger partial charge is 0.294 e. The lowest BCUT2D eigenvalue weighted by molar-refractivity contribution is 0.319. The van der Waals surface area contributed by atoms with Gasteiger partial charge in [-0.2, -0.15) is 8.42 Å². The number of epoxide rings is 2. The van der Waals surface area contributed by atoms with Crippen molar-refractivity contribution in [3.63, 3.8) is 0 Å². The predicted molar refractivity (Wildman–Crippen MR) is 91.8 cm³/mol. The van der Waals surface area contributed by atoms with Gasteiger partial charge in [-0.25, -0.2) is 0 Å². The zero-order valence-corrected chi connectivity index (χ0v) is 15.1. The van der Waals surface area contributed by atoms with Crippen molar-refractivity contribution in [2.75, 3.05) is 19.8 Å². The zero-order chi connectivity index (χ0) is 17.6. The highest BCUT2D eigenvalue weighted by molar-refractivity contribution is 7.85. The summed E-state index contributed by atoms with van der Waals surface area (Å²) in [5.41, 5.74) is 0.956. The molecule has 2 N–H and O–H groups in total. The monoisotopic (exact) mass is 357 g/mol. The molecule has 0 radical (unpaired) electrons. The molecule has 24 heavy (non-hydrogen) atoms. The lowest BCUT2D eigenvalue weighted by Crippen LogP contribution is -2.32. The van der Waals surface area contributed by atoms with Gasteiger partial charge in [0.15, 0.2) is 0 Å². The normalized spacial score (nSPS) is 23.1. The molecule has 0 amide bonds. The molecule has 2 saturated heterocycles. The number of ether oxygens (including phenoxy) is 2. The Balaban J connectivity index is 0.000000177. The molecule has 7 heteroatoms. The van der Waals surface area contributed by atoms with Crippen LogP contribution in [-0.4, -0.2) is 51.0 Å². The Morgan fingerprint density at radius 3 is 2.04 bits per heavy atom. The average Bonchev–Trinajstić information content (AvgIpc) is 3.41. The first-order chi connectivity index (χ1) is 11.4. The molecule has 2 unspecified atom stereocenters. The second kappa shape index (κ2) is 8.92. The van der Waals surface area contributed by atoms with Crippen LogP contribution < -0.4 is 5.32 Å². The van der Waals surface area contributed by atoms with E-state index in [2.05, 4.69) is 12.2 Å². The summed E-state index contributed by atoms with van der Waals surface area (Å²) in [5.74, 6) is 0. The molecule has 0 saturated carbocycles. The van der Waals surface area contributed by atoms with Crippen LogP contribution in [0.4, 0.5) is 0 Å². The molecule has 2 aliphatic rings. The fourth-order valence-corrected chi connectivity index (χ4v) is 2.84. The van der Waals surface area contributed by atoms with Crippen LogP contribution in [0.25, 0.3) is 0 Å². The summed E-state index contributed by atoms with van der Waals surface area (Å²) in [6, 6.07) is 6.60. The van der Waals surface area contributed by atoms with E-state index in [0.29, 0.717) is 18.2 Å². The summed E-state index contributed by atoms with van der Waals surface area (Å²) >= 11 is 0. The van der Waals surface area contributed by atoms with E-state index in [1.807, 2.05) is 6.92 Å². The molecule has 2 atom stereocenters. The molecule has 0 spiro atoms. The zero-order valence-electron chi connectivity index (χ0n) is 14.3. The number of nitrogens with one attached hydrogen (secondary N) is 1. The molecular weight excluding hydrogens is 330 g/mol. The molecule has 3 rings (SSSR count). The fraction of sp³-hybridized carbons (Fsp3) is 0.647. The SMILES string of the molecule is CCCNC(CC1CO1)CC1CO1.Cc1ccc(S(=O)(=O)O)cc1. The number of aryl methyl sites for hydroxylation is 1. The van der Waals surface area contributed by atoms with E-state index < -0.39 is 10.1 Å². The van der Waals surface area contributed by atoms with Gasteiger partial charge in [0.2, 0.25) is 0 Å². The van der Waals surface area contributed by atoms with E-state index in [0.717, 1.165) is 25.3 Å². The maximum atomic E-state index is 10.5. The van der Waals surface area contributed by atoms with Gasteiger partial charge in [-0.15, -0.1) is 0 Å². The van der Waals surface area contributed by atoms with Crippen molar-refractivity contribution in [2.24, 2.45) is 0 Å². The third kappa shape index (κ3) is 7.72. The minimum Gasteiger partial charge on any atom is -0.373 e. The number of hydrogen-bond donors (Lipinski definition) is 2. The quantitative estimate of drug-likeness (QED) is 0.547. The van der Waals surface area contributed by atoms with E-state index in [4.69, 9.17) is 14.0 Å². The Kier molecular flexibility index (Phi) is 7.18. The minimum atomic E-state index is -4.02. The van der Waals surface area contributed by atoms with Crippen molar-refractivity contribution in [3.05, 3.63) is 29.8 Å². The van der Waals surface area contributed by atoms with Gasteiger partial charge in [0.1, 0.15) is 0 Å². The maximum Gasteiger partial charge on any atom is 0.294 e. The van der Waals surface area contributed by atoms with Crippen LogP contribution in [0, 0.1) is 6.92 Å². The number of rotatable bonds is 8. The van der Waals surface area contributed by atoms with Crippen LogP contribution in [0.1, 0.15) is 31.7 Å². The van der Waals surface area contributed by atoms with Crippen LogP contribution in [0.15, 0.2) is 29.2 Å². The van der Waals surface area contributed by atoms with Crippen molar-refractivity contribution >= 4 is 10.1 Å². The Bertz CT molecular complexity index is 580. The summed E-state index contributed by atoms with van der Waals surface area (Å²) in [4.78, 5) is -0.0666. The molecule has 136 valence electrons. The van der Waals surface area contributed by atoms with E-state index >= 15 is 0 Å². The van der Waals surface area contributed by atoms with Crippen molar-refractivity contribution in [3.8, 4) is 0 Å². The van der Waals surface area contributed by atoms with Crippen molar-refractivity contribution in [2.45, 2.75) is 56.3 Å². The second-order valence-corrected chi connectivity index (χ2v) is 7.74. The largest absolute Gasteiger partial charge is 0.373 e. The molecule has 2 fully saturated rings. The van der Waals surface area contributed by atoms with Crippen LogP contribution in [0.2, 0.25) is 0 Å². The molecule has 0 aromatic heterocycles. The molecule has 0 aliphatic carbocycles. The van der Waals surface area contributed by atoms with Crippen molar-refractivity contribution in [1.29, 1.82) is 0 Å². The summed E-state index contributed by atoms with van der Waals surface area (Å²) in [5, 5.41) is 3.55. The first kappa shape index (κ1) is 19.3. The van der Waals surface area contributed by atoms with Crippen LogP contribution in [-0.2, 0) is 19.6 Å². The van der Waals surface area contributed by atoms with Gasteiger partial charge in [0.25, 0.3) is 10.1 Å². The van der Waals surface area contributed by atoms with Gasteiger partial charge in [0, 0.05) is 6.04 Å². The molecule has 2 aliphatic heterocycles. The van der Waals surface area contributed by atoms with Gasteiger partial charge >= 0.3 is 0 Å². The summed E-state index contributed by atoms with van der Waals surface area (Å²) in [7, 11) is -4.02. The maximum absolute atomic E-state index is 10.5. The predicted octanol–water partition coefficient (Wildman–Crippen LogP) is 2.17. The molecule has 1 aromatic rings. The second-order valence-electron chi connectivity index (χ2n) is 6.32. The van der Waals surface area contributed by atoms with Crippen LogP contribution in [0.5, 0.6) is 0 Å². The van der Waals surface area contributed by atoms with Gasteiger partial charge in [0.05, 0.1) is 30.3 Å². The Hall–Kier alpha value is -0.990. The van der Waals surface area contributed by atoms with Crippen LogP contribution in [0.3, 0.4) is 0 Å². The minimum absolute atomic E-state index is 0.0666. The first-order valence-corrected chi connectivity index (χ1v) is 9.83. The Labute approximate surface area is 144 Å². The summed E-state index contributed by atoms with van der Waals surface area (Å²) in [6.45, 7) is 7.09. The lowest BCUT2D eigenvalue weighted by atomic mass is 10.1. The third-order valence-electron chi connectivity index (χ3n) is 3.90. The van der Waals surface area contributed by atoms with E-state index in [-0.39, 0.29) is 4.90 Å². The van der Waals surface area contributed by atoms with Gasteiger partial charge in [-0.05, 0) is 44.9 Å². The van der Waals surface area contributed by atoms with E-state index in [1.165, 1.54) is 31.4 Å². The lowest BCUT2D eigenvalue weighted by Gasteiger charge is -2.15. The van der Waals surface area contributed by atoms with E-state index in [1.54, 1.807) is 12.1 Å². The highest BCUT2D eigenvalue weighted by Crippen LogP contribution is 2.22. The highest BCUT2D eigenvalue weighted by Gasteiger charge is 2.31. The topological polar surface area (TPSA) is 91.5 Å². The van der Waals surface area contributed by atoms with Crippen molar-refractivity contribution < 1.29 is 22.4 Å². The van der Waals surface area contributed by atoms with Gasteiger partial charge in [-0.1, -0.05) is 24.6 Å². The Morgan fingerprint density at radius 2 is 1.67 bits per heavy atom. The van der Waals surface area contributed by atoms with Gasteiger partial charge in [-0.3, -0.25) is 4.55 Å².